The average molecular weight is 299 g/mol. The van der Waals surface area contributed by atoms with Gasteiger partial charge in [-0.1, -0.05) is 30.3 Å². The number of nitrogens with zero attached hydrogens (tertiary/aromatic N) is 2. The van der Waals surface area contributed by atoms with Crippen LogP contribution in [0.2, 0.25) is 0 Å². The lowest BCUT2D eigenvalue weighted by atomic mass is 9.92. The maximum Gasteiger partial charge on any atom is 0.346 e. The first-order valence-electron chi connectivity index (χ1n) is 6.40. The second-order valence-corrected chi connectivity index (χ2v) is 5.62. The highest BCUT2D eigenvalue weighted by atomic mass is 32.1. The van der Waals surface area contributed by atoms with Crippen molar-refractivity contribution < 1.29 is 9.59 Å². The predicted molar refractivity (Wildman–Crippen MR) is 81.1 cm³/mol. The third kappa shape index (κ3) is 2.34. The number of imide groups is 1. The molecule has 1 aliphatic rings. The number of nitrogens with one attached hydrogen (secondary N) is 1. The second kappa shape index (κ2) is 5.14. The van der Waals surface area contributed by atoms with Crippen molar-refractivity contribution in [3.8, 4) is 0 Å². The van der Waals surface area contributed by atoms with Gasteiger partial charge < -0.3 is 5.32 Å². The standard InChI is InChI=1S/C15H13N3O2S/c1-15(12-5-3-2-4-6-12)13(19)18(14(20)17-15)16-9-11-7-8-21-10-11/h2-10H,1H3,(H,17,20)/b16-9-/t15-/m0/s1. The third-order valence-electron chi connectivity index (χ3n) is 3.39. The van der Waals surface area contributed by atoms with Gasteiger partial charge in [0.15, 0.2) is 0 Å². The van der Waals surface area contributed by atoms with E-state index in [0.717, 1.165) is 16.1 Å². The number of carbonyl (C=O) groups excluding carboxylic acids is 2. The number of thiophene rings is 1. The number of rotatable bonds is 3. The molecule has 3 amide bonds. The topological polar surface area (TPSA) is 61.8 Å². The van der Waals surface area contributed by atoms with Gasteiger partial charge in [0, 0.05) is 5.56 Å². The van der Waals surface area contributed by atoms with E-state index >= 15 is 0 Å². The van der Waals surface area contributed by atoms with Crippen molar-refractivity contribution >= 4 is 29.5 Å². The van der Waals surface area contributed by atoms with E-state index in [0.29, 0.717) is 0 Å². The monoisotopic (exact) mass is 299 g/mol. The fraction of sp³-hybridized carbons (Fsp3) is 0.133. The van der Waals surface area contributed by atoms with Crippen LogP contribution in [0.3, 0.4) is 0 Å². The number of hydrogen-bond donors (Lipinski definition) is 1. The maximum absolute atomic E-state index is 12.5. The van der Waals surface area contributed by atoms with E-state index < -0.39 is 11.6 Å². The summed E-state index contributed by atoms with van der Waals surface area (Å²) in [6.45, 7) is 1.68. The molecule has 2 heterocycles. The Morgan fingerprint density at radius 3 is 2.67 bits per heavy atom. The molecular weight excluding hydrogens is 286 g/mol. The minimum Gasteiger partial charge on any atom is -0.318 e. The molecular formula is C15H13N3O2S. The van der Waals surface area contributed by atoms with E-state index in [9.17, 15) is 9.59 Å². The zero-order chi connectivity index (χ0) is 14.9. The minimum absolute atomic E-state index is 0.384. The summed E-state index contributed by atoms with van der Waals surface area (Å²) < 4.78 is 0. The van der Waals surface area contributed by atoms with Gasteiger partial charge >= 0.3 is 6.03 Å². The minimum atomic E-state index is -1.08. The van der Waals surface area contributed by atoms with Gasteiger partial charge in [-0.15, -0.1) is 5.01 Å². The van der Waals surface area contributed by atoms with Crippen molar-refractivity contribution in [2.24, 2.45) is 5.10 Å². The fourth-order valence-corrected chi connectivity index (χ4v) is 2.78. The highest BCUT2D eigenvalue weighted by Crippen LogP contribution is 2.28. The van der Waals surface area contributed by atoms with Gasteiger partial charge in [-0.3, -0.25) is 4.79 Å². The highest BCUT2D eigenvalue weighted by molar-refractivity contribution is 7.08. The largest absolute Gasteiger partial charge is 0.346 e. The van der Waals surface area contributed by atoms with Crippen molar-refractivity contribution in [3.05, 3.63) is 58.3 Å². The van der Waals surface area contributed by atoms with Crippen molar-refractivity contribution in [1.29, 1.82) is 0 Å². The average Bonchev–Trinajstić information content (AvgIpc) is 3.07. The lowest BCUT2D eigenvalue weighted by molar-refractivity contribution is -0.131. The summed E-state index contributed by atoms with van der Waals surface area (Å²) in [5.41, 5.74) is 0.509. The van der Waals surface area contributed by atoms with E-state index in [-0.39, 0.29) is 5.91 Å². The van der Waals surface area contributed by atoms with Crippen LogP contribution in [0.15, 0.2) is 52.3 Å². The van der Waals surface area contributed by atoms with Crippen LogP contribution >= 0.6 is 11.3 Å². The number of carbonyl (C=O) groups is 2. The molecule has 2 aromatic rings. The molecule has 3 rings (SSSR count). The number of hydrogen-bond acceptors (Lipinski definition) is 4. The summed E-state index contributed by atoms with van der Waals surface area (Å²) in [5.74, 6) is -0.384. The van der Waals surface area contributed by atoms with Gasteiger partial charge in [0.2, 0.25) is 0 Å². The highest BCUT2D eigenvalue weighted by Gasteiger charge is 2.49. The van der Waals surface area contributed by atoms with Crippen LogP contribution in [0.4, 0.5) is 4.79 Å². The molecule has 0 saturated carbocycles. The maximum atomic E-state index is 12.5. The number of hydrazone groups is 1. The molecule has 0 unspecified atom stereocenters. The van der Waals surface area contributed by atoms with Gasteiger partial charge in [0.1, 0.15) is 5.54 Å². The molecule has 1 N–H and O–H groups in total. The van der Waals surface area contributed by atoms with Gasteiger partial charge in [-0.25, -0.2) is 4.79 Å². The second-order valence-electron chi connectivity index (χ2n) is 4.84. The molecule has 1 aromatic carbocycles. The first kappa shape index (κ1) is 13.5. The summed E-state index contributed by atoms with van der Waals surface area (Å²) >= 11 is 1.53. The van der Waals surface area contributed by atoms with Gasteiger partial charge in [-0.05, 0) is 29.3 Å². The fourth-order valence-electron chi connectivity index (χ4n) is 2.17. The Labute approximate surface area is 125 Å². The van der Waals surface area contributed by atoms with E-state index in [1.165, 1.54) is 17.6 Å². The van der Waals surface area contributed by atoms with Crippen LogP contribution in [0.25, 0.3) is 0 Å². The Bertz CT molecular complexity index is 697. The Kier molecular flexibility index (Phi) is 3.31. The zero-order valence-corrected chi connectivity index (χ0v) is 12.1. The van der Waals surface area contributed by atoms with Crippen LogP contribution < -0.4 is 5.32 Å². The SMILES string of the molecule is C[C@@]1(c2ccccc2)NC(=O)N(/N=C\c2ccsc2)C1=O. The normalized spacial score (nSPS) is 22.0. The van der Waals surface area contributed by atoms with E-state index in [2.05, 4.69) is 10.4 Å². The molecule has 1 aliphatic heterocycles. The predicted octanol–water partition coefficient (Wildman–Crippen LogP) is 2.55. The van der Waals surface area contributed by atoms with Crippen LogP contribution in [0.1, 0.15) is 18.1 Å². The lowest BCUT2D eigenvalue weighted by Gasteiger charge is -2.20. The molecule has 1 aromatic heterocycles. The first-order valence-corrected chi connectivity index (χ1v) is 7.34. The smallest absolute Gasteiger partial charge is 0.318 e. The molecule has 106 valence electrons. The summed E-state index contributed by atoms with van der Waals surface area (Å²) in [7, 11) is 0. The lowest BCUT2D eigenvalue weighted by Crippen LogP contribution is -2.40. The summed E-state index contributed by atoms with van der Waals surface area (Å²) in [6, 6.07) is 10.5. The van der Waals surface area contributed by atoms with Crippen molar-refractivity contribution in [2.75, 3.05) is 0 Å². The summed E-state index contributed by atoms with van der Waals surface area (Å²) in [4.78, 5) is 24.5. The zero-order valence-electron chi connectivity index (χ0n) is 11.3. The molecule has 1 fully saturated rings. The number of urea groups is 1. The number of amides is 3. The molecule has 0 aliphatic carbocycles. The van der Waals surface area contributed by atoms with E-state index in [1.54, 1.807) is 6.92 Å². The Morgan fingerprint density at radius 1 is 1.24 bits per heavy atom. The van der Waals surface area contributed by atoms with Gasteiger partial charge in [0.25, 0.3) is 5.91 Å². The molecule has 1 saturated heterocycles. The van der Waals surface area contributed by atoms with Crippen LogP contribution in [0, 0.1) is 0 Å². The molecule has 0 spiro atoms. The van der Waals surface area contributed by atoms with E-state index in [4.69, 9.17) is 0 Å². The summed E-state index contributed by atoms with van der Waals surface area (Å²) in [6.07, 6.45) is 1.50. The van der Waals surface area contributed by atoms with Crippen LogP contribution in [0.5, 0.6) is 0 Å². The quantitative estimate of drug-likeness (QED) is 0.699. The Hall–Kier alpha value is -2.47. The Morgan fingerprint density at radius 2 is 2.00 bits per heavy atom. The third-order valence-corrected chi connectivity index (χ3v) is 4.09. The van der Waals surface area contributed by atoms with Crippen molar-refractivity contribution in [2.45, 2.75) is 12.5 Å². The van der Waals surface area contributed by atoms with E-state index in [1.807, 2.05) is 47.2 Å². The first-order chi connectivity index (χ1) is 10.1. The molecule has 21 heavy (non-hydrogen) atoms. The van der Waals surface area contributed by atoms with Crippen LogP contribution in [-0.4, -0.2) is 23.2 Å². The number of benzene rings is 1. The molecule has 1 atom stereocenters. The van der Waals surface area contributed by atoms with Crippen molar-refractivity contribution in [1.82, 2.24) is 10.3 Å². The molecule has 6 heteroatoms. The van der Waals surface area contributed by atoms with Gasteiger partial charge in [0.05, 0.1) is 6.21 Å². The molecule has 5 nitrogen and oxygen atoms in total. The van der Waals surface area contributed by atoms with Crippen LogP contribution in [-0.2, 0) is 10.3 Å². The molecule has 0 bridgehead atoms. The Balaban J connectivity index is 1.89. The van der Waals surface area contributed by atoms with Gasteiger partial charge in [-0.2, -0.15) is 16.4 Å². The molecule has 0 radical (unpaired) electrons. The summed E-state index contributed by atoms with van der Waals surface area (Å²) in [5, 5.41) is 11.4. The van der Waals surface area contributed by atoms with Crippen molar-refractivity contribution in [3.63, 3.8) is 0 Å².